The monoisotopic (exact) mass is 283 g/mol. The van der Waals surface area contributed by atoms with Crippen LogP contribution in [0, 0.1) is 0 Å². The minimum absolute atomic E-state index is 0.0381. The van der Waals surface area contributed by atoms with E-state index in [0.717, 1.165) is 50.8 Å². The second-order valence-corrected chi connectivity index (χ2v) is 7.68. The highest BCUT2D eigenvalue weighted by Gasteiger charge is 2.30. The Labute approximate surface area is 114 Å². The van der Waals surface area contributed by atoms with Crippen molar-refractivity contribution in [2.75, 3.05) is 0 Å². The number of sulfonamides is 1. The molecule has 0 amide bonds. The summed E-state index contributed by atoms with van der Waals surface area (Å²) in [5, 5.41) is -0.173. The molecule has 106 valence electrons. The van der Waals surface area contributed by atoms with Gasteiger partial charge in [-0.15, -0.1) is 0 Å². The number of hydrogen-bond donors (Lipinski definition) is 1. The van der Waals surface area contributed by atoms with Crippen molar-refractivity contribution >= 4 is 10.0 Å². The average molecular weight is 283 g/mol. The highest BCUT2D eigenvalue weighted by molar-refractivity contribution is 7.90. The zero-order valence-electron chi connectivity index (χ0n) is 11.1. The number of hydrogen-bond acceptors (Lipinski definition) is 3. The molecule has 6 heteroatoms. The van der Waals surface area contributed by atoms with E-state index in [-0.39, 0.29) is 11.3 Å². The number of nitrogens with zero attached hydrogens (tertiary/aromatic N) is 2. The van der Waals surface area contributed by atoms with Crippen LogP contribution in [0.2, 0.25) is 0 Å². The Morgan fingerprint density at radius 2 is 2.00 bits per heavy atom. The van der Waals surface area contributed by atoms with Crippen LogP contribution >= 0.6 is 0 Å². The van der Waals surface area contributed by atoms with Crippen LogP contribution < -0.4 is 4.72 Å². The molecule has 1 aliphatic heterocycles. The lowest BCUT2D eigenvalue weighted by atomic mass is 10.0. The summed E-state index contributed by atoms with van der Waals surface area (Å²) >= 11 is 0. The SMILES string of the molecule is O=S(=O)(NC1CCn2cncc2C1)C1CCCCC1. The first-order valence-corrected chi connectivity index (χ1v) is 8.70. The van der Waals surface area contributed by atoms with Crippen molar-refractivity contribution in [2.45, 2.75) is 62.8 Å². The standard InChI is InChI=1S/C13H21N3O2S/c17-19(18,13-4-2-1-3-5-13)15-11-6-7-16-10-14-9-12(16)8-11/h9-11,13,15H,1-8H2. The predicted octanol–water partition coefficient (Wildman–Crippen LogP) is 1.45. The molecule has 0 aromatic carbocycles. The van der Waals surface area contributed by atoms with Crippen LogP contribution in [-0.2, 0) is 23.0 Å². The molecule has 1 unspecified atom stereocenters. The van der Waals surface area contributed by atoms with E-state index < -0.39 is 10.0 Å². The van der Waals surface area contributed by atoms with Gasteiger partial charge in [0.1, 0.15) is 0 Å². The van der Waals surface area contributed by atoms with E-state index in [1.165, 1.54) is 6.42 Å². The third-order valence-corrected chi connectivity index (χ3v) is 6.31. The van der Waals surface area contributed by atoms with Crippen molar-refractivity contribution in [2.24, 2.45) is 0 Å². The number of aryl methyl sites for hydroxylation is 1. The maximum absolute atomic E-state index is 12.4. The van der Waals surface area contributed by atoms with Crippen molar-refractivity contribution in [1.29, 1.82) is 0 Å². The lowest BCUT2D eigenvalue weighted by Gasteiger charge is -2.28. The molecule has 5 nitrogen and oxygen atoms in total. The first kappa shape index (κ1) is 13.1. The fourth-order valence-electron chi connectivity index (χ4n) is 3.17. The van der Waals surface area contributed by atoms with Gasteiger partial charge in [-0.05, 0) is 19.3 Å². The molecule has 2 heterocycles. The van der Waals surface area contributed by atoms with Crippen LogP contribution in [0.5, 0.6) is 0 Å². The van der Waals surface area contributed by atoms with Crippen LogP contribution in [0.25, 0.3) is 0 Å². The summed E-state index contributed by atoms with van der Waals surface area (Å²) in [5.41, 5.74) is 1.13. The topological polar surface area (TPSA) is 64.0 Å². The van der Waals surface area contributed by atoms with E-state index in [9.17, 15) is 8.42 Å². The fourth-order valence-corrected chi connectivity index (χ4v) is 4.99. The van der Waals surface area contributed by atoms with Gasteiger partial charge >= 0.3 is 0 Å². The van der Waals surface area contributed by atoms with Gasteiger partial charge in [-0.3, -0.25) is 0 Å². The minimum atomic E-state index is -3.15. The van der Waals surface area contributed by atoms with Crippen molar-refractivity contribution in [3.8, 4) is 0 Å². The summed E-state index contributed by atoms with van der Waals surface area (Å²) in [5.74, 6) is 0. The molecule has 0 bridgehead atoms. The molecule has 1 saturated carbocycles. The zero-order chi connectivity index (χ0) is 13.3. The molecular weight excluding hydrogens is 262 g/mol. The van der Waals surface area contributed by atoms with Gasteiger partial charge in [0, 0.05) is 30.9 Å². The Morgan fingerprint density at radius 1 is 1.21 bits per heavy atom. The molecule has 1 atom stereocenters. The molecular formula is C13H21N3O2S. The molecule has 19 heavy (non-hydrogen) atoms. The van der Waals surface area contributed by atoms with E-state index in [4.69, 9.17) is 0 Å². The highest BCUT2D eigenvalue weighted by atomic mass is 32.2. The predicted molar refractivity (Wildman–Crippen MR) is 73.3 cm³/mol. The third-order valence-electron chi connectivity index (χ3n) is 4.29. The van der Waals surface area contributed by atoms with Crippen LogP contribution in [0.1, 0.15) is 44.2 Å². The number of rotatable bonds is 3. The largest absolute Gasteiger partial charge is 0.334 e. The summed E-state index contributed by atoms with van der Waals surface area (Å²) in [4.78, 5) is 4.11. The molecule has 1 aromatic heterocycles. The van der Waals surface area contributed by atoms with Gasteiger partial charge in [-0.1, -0.05) is 19.3 Å². The van der Waals surface area contributed by atoms with Gasteiger partial charge in [0.15, 0.2) is 0 Å². The van der Waals surface area contributed by atoms with Crippen LogP contribution in [0.3, 0.4) is 0 Å². The first-order chi connectivity index (χ1) is 9.15. The van der Waals surface area contributed by atoms with Crippen molar-refractivity contribution in [3.63, 3.8) is 0 Å². The number of aromatic nitrogens is 2. The fraction of sp³-hybridized carbons (Fsp3) is 0.769. The van der Waals surface area contributed by atoms with Crippen molar-refractivity contribution in [1.82, 2.24) is 14.3 Å². The average Bonchev–Trinajstić information content (AvgIpc) is 2.87. The summed E-state index contributed by atoms with van der Waals surface area (Å²) < 4.78 is 29.8. The lowest BCUT2D eigenvalue weighted by molar-refractivity contribution is 0.426. The van der Waals surface area contributed by atoms with Crippen LogP contribution in [0.4, 0.5) is 0 Å². The Kier molecular flexibility index (Phi) is 3.62. The van der Waals surface area contributed by atoms with E-state index in [1.54, 1.807) is 0 Å². The molecule has 1 aliphatic carbocycles. The molecule has 1 fully saturated rings. The smallest absolute Gasteiger partial charge is 0.214 e. The van der Waals surface area contributed by atoms with Crippen LogP contribution in [0.15, 0.2) is 12.5 Å². The van der Waals surface area contributed by atoms with E-state index in [1.807, 2.05) is 12.5 Å². The van der Waals surface area contributed by atoms with Gasteiger partial charge in [0.25, 0.3) is 0 Å². The molecule has 0 spiro atoms. The Hall–Kier alpha value is -0.880. The van der Waals surface area contributed by atoms with Gasteiger partial charge in [-0.25, -0.2) is 18.1 Å². The van der Waals surface area contributed by atoms with E-state index in [2.05, 4.69) is 14.3 Å². The Morgan fingerprint density at radius 3 is 2.79 bits per heavy atom. The maximum atomic E-state index is 12.4. The summed E-state index contributed by atoms with van der Waals surface area (Å²) in [7, 11) is -3.15. The minimum Gasteiger partial charge on any atom is -0.334 e. The Bertz CT molecular complexity index is 532. The third kappa shape index (κ3) is 2.84. The summed E-state index contributed by atoms with van der Waals surface area (Å²) in [6, 6.07) is 0.0381. The van der Waals surface area contributed by atoms with Crippen LogP contribution in [-0.4, -0.2) is 29.3 Å². The van der Waals surface area contributed by atoms with Crippen molar-refractivity contribution in [3.05, 3.63) is 18.2 Å². The van der Waals surface area contributed by atoms with Gasteiger partial charge in [0.2, 0.25) is 10.0 Å². The molecule has 1 aromatic rings. The maximum Gasteiger partial charge on any atom is 0.214 e. The summed E-state index contributed by atoms with van der Waals surface area (Å²) in [6.45, 7) is 0.854. The second-order valence-electron chi connectivity index (χ2n) is 5.69. The number of imidazole rings is 1. The van der Waals surface area contributed by atoms with E-state index in [0.29, 0.717) is 0 Å². The number of nitrogens with one attached hydrogen (secondary N) is 1. The highest BCUT2D eigenvalue weighted by Crippen LogP contribution is 2.24. The zero-order valence-corrected chi connectivity index (χ0v) is 11.9. The summed E-state index contributed by atoms with van der Waals surface area (Å²) in [6.07, 6.45) is 10.2. The first-order valence-electron chi connectivity index (χ1n) is 7.15. The van der Waals surface area contributed by atoms with Crippen molar-refractivity contribution < 1.29 is 8.42 Å². The molecule has 2 aliphatic rings. The molecule has 0 saturated heterocycles. The molecule has 3 rings (SSSR count). The molecule has 1 N–H and O–H groups in total. The van der Waals surface area contributed by atoms with Gasteiger partial charge < -0.3 is 4.57 Å². The Balaban J connectivity index is 1.65. The van der Waals surface area contributed by atoms with Gasteiger partial charge in [0.05, 0.1) is 11.6 Å². The second kappa shape index (κ2) is 5.25. The lowest BCUT2D eigenvalue weighted by Crippen LogP contribution is -2.44. The normalized spacial score (nSPS) is 25.2. The van der Waals surface area contributed by atoms with Gasteiger partial charge in [-0.2, -0.15) is 0 Å². The van der Waals surface area contributed by atoms with E-state index >= 15 is 0 Å². The quantitative estimate of drug-likeness (QED) is 0.913. The molecule has 0 radical (unpaired) electrons. The number of fused-ring (bicyclic) bond motifs is 1.